The third kappa shape index (κ3) is 4.72. The Kier molecular flexibility index (Phi) is 6.23. The number of thiophene rings is 1. The molecule has 0 bridgehead atoms. The van der Waals surface area contributed by atoms with Crippen molar-refractivity contribution in [2.45, 2.75) is 26.2 Å². The summed E-state index contributed by atoms with van der Waals surface area (Å²) in [6.07, 6.45) is 1.68. The number of hydrogen-bond donors (Lipinski definition) is 1. The topological polar surface area (TPSA) is 49.4 Å². The van der Waals surface area contributed by atoms with E-state index in [0.717, 1.165) is 11.1 Å². The molecule has 1 unspecified atom stereocenters. The molecule has 1 aliphatic heterocycles. The smallest absolute Gasteiger partial charge is 0.228 e. The van der Waals surface area contributed by atoms with Crippen LogP contribution in [0, 0.1) is 12.3 Å². The van der Waals surface area contributed by atoms with Crippen LogP contribution in [0.5, 0.6) is 0 Å². The molecule has 0 aliphatic carbocycles. The quantitative estimate of drug-likeness (QED) is 0.625. The maximum atomic E-state index is 12.9. The first-order valence-electron chi connectivity index (χ1n) is 10.7. The molecule has 5 heteroatoms. The van der Waals surface area contributed by atoms with Gasteiger partial charge in [0.2, 0.25) is 11.8 Å². The maximum Gasteiger partial charge on any atom is 0.228 e. The summed E-state index contributed by atoms with van der Waals surface area (Å²) in [6, 6.07) is 18.6. The van der Waals surface area contributed by atoms with E-state index in [9.17, 15) is 9.59 Å². The number of benzene rings is 2. The van der Waals surface area contributed by atoms with Crippen molar-refractivity contribution >= 4 is 23.2 Å². The third-order valence-electron chi connectivity index (χ3n) is 6.24. The Balaban J connectivity index is 1.47. The van der Waals surface area contributed by atoms with Crippen molar-refractivity contribution in [3.8, 4) is 11.1 Å². The van der Waals surface area contributed by atoms with Gasteiger partial charge >= 0.3 is 0 Å². The Bertz CT molecular complexity index is 1040. The van der Waals surface area contributed by atoms with Gasteiger partial charge in [-0.15, -0.1) is 0 Å². The third-order valence-corrected chi connectivity index (χ3v) is 6.93. The summed E-state index contributed by atoms with van der Waals surface area (Å²) in [4.78, 5) is 27.7. The van der Waals surface area contributed by atoms with Gasteiger partial charge in [-0.25, -0.2) is 0 Å². The fourth-order valence-electron chi connectivity index (χ4n) is 4.39. The van der Waals surface area contributed by atoms with E-state index in [2.05, 4.69) is 46.4 Å². The fraction of sp³-hybridized carbons (Fsp3) is 0.308. The Morgan fingerprint density at radius 2 is 1.71 bits per heavy atom. The van der Waals surface area contributed by atoms with Crippen molar-refractivity contribution in [3.05, 3.63) is 82.0 Å². The van der Waals surface area contributed by atoms with Crippen LogP contribution in [0.25, 0.3) is 11.1 Å². The lowest BCUT2D eigenvalue weighted by molar-refractivity contribution is -0.132. The lowest BCUT2D eigenvalue weighted by atomic mass is 9.79. The molecule has 2 heterocycles. The molecule has 1 fully saturated rings. The van der Waals surface area contributed by atoms with Crippen LogP contribution in [-0.4, -0.2) is 36.9 Å². The highest BCUT2D eigenvalue weighted by molar-refractivity contribution is 7.08. The van der Waals surface area contributed by atoms with Crippen LogP contribution in [0.3, 0.4) is 0 Å². The van der Waals surface area contributed by atoms with E-state index in [-0.39, 0.29) is 11.8 Å². The van der Waals surface area contributed by atoms with Gasteiger partial charge in [0.1, 0.15) is 0 Å². The van der Waals surface area contributed by atoms with Gasteiger partial charge in [0.15, 0.2) is 0 Å². The number of aryl methyl sites for hydroxylation is 1. The number of rotatable bonds is 6. The number of nitrogens with one attached hydrogen (secondary N) is 1. The van der Waals surface area contributed by atoms with Crippen LogP contribution in [-0.2, 0) is 22.4 Å². The fourth-order valence-corrected chi connectivity index (χ4v) is 5.05. The molecule has 1 atom stereocenters. The van der Waals surface area contributed by atoms with E-state index >= 15 is 0 Å². The summed E-state index contributed by atoms with van der Waals surface area (Å²) in [5.74, 6) is 0.0995. The van der Waals surface area contributed by atoms with Crippen molar-refractivity contribution in [1.82, 2.24) is 10.2 Å². The summed E-state index contributed by atoms with van der Waals surface area (Å²) in [6.45, 7) is 3.12. The molecule has 3 aromatic rings. The molecule has 0 spiro atoms. The Hall–Kier alpha value is -2.92. The Labute approximate surface area is 187 Å². The summed E-state index contributed by atoms with van der Waals surface area (Å²) in [7, 11) is 1.68. The Morgan fingerprint density at radius 3 is 2.35 bits per heavy atom. The highest BCUT2D eigenvalue weighted by Crippen LogP contribution is 2.35. The SMILES string of the molecule is CNC(=O)C1(Cc2ccc(-c3ccsc3)cc2)CCN(C(=O)Cc2ccc(C)cc2)C1. The van der Waals surface area contributed by atoms with Crippen LogP contribution >= 0.6 is 11.3 Å². The highest BCUT2D eigenvalue weighted by atomic mass is 32.1. The van der Waals surface area contributed by atoms with Crippen LogP contribution in [0.4, 0.5) is 0 Å². The highest BCUT2D eigenvalue weighted by Gasteiger charge is 2.45. The second-order valence-electron chi connectivity index (χ2n) is 8.47. The molecule has 4 rings (SSSR count). The van der Waals surface area contributed by atoms with Gasteiger partial charge in [-0.05, 0) is 58.8 Å². The summed E-state index contributed by atoms with van der Waals surface area (Å²) in [5, 5.41) is 7.05. The number of amides is 2. The molecule has 31 heavy (non-hydrogen) atoms. The van der Waals surface area contributed by atoms with Gasteiger partial charge in [0, 0.05) is 20.1 Å². The normalized spacial score (nSPS) is 18.2. The predicted octanol–water partition coefficient (Wildman–Crippen LogP) is 4.47. The van der Waals surface area contributed by atoms with Gasteiger partial charge in [-0.1, -0.05) is 54.1 Å². The van der Waals surface area contributed by atoms with E-state index < -0.39 is 5.41 Å². The van der Waals surface area contributed by atoms with Gasteiger partial charge < -0.3 is 10.2 Å². The summed E-state index contributed by atoms with van der Waals surface area (Å²) in [5.41, 5.74) is 5.13. The van der Waals surface area contributed by atoms with Crippen LogP contribution in [0.15, 0.2) is 65.4 Å². The second kappa shape index (κ2) is 9.06. The average molecular weight is 433 g/mol. The van der Waals surface area contributed by atoms with Crippen molar-refractivity contribution in [2.24, 2.45) is 5.41 Å². The standard InChI is InChI=1S/C26H28N2O2S/c1-19-3-5-20(6-4-19)15-24(29)28-13-12-26(18-28,25(30)27-2)16-21-7-9-22(10-8-21)23-11-14-31-17-23/h3-11,14,17H,12-13,15-16,18H2,1-2H3,(H,27,30). The monoisotopic (exact) mass is 432 g/mol. The van der Waals surface area contributed by atoms with Crippen molar-refractivity contribution in [2.75, 3.05) is 20.1 Å². The summed E-state index contributed by atoms with van der Waals surface area (Å²) >= 11 is 1.68. The molecule has 0 radical (unpaired) electrons. The van der Waals surface area contributed by atoms with Crippen LogP contribution < -0.4 is 5.32 Å². The second-order valence-corrected chi connectivity index (χ2v) is 9.25. The lowest BCUT2D eigenvalue weighted by Crippen LogP contribution is -2.44. The molecule has 1 saturated heterocycles. The molecule has 160 valence electrons. The number of hydrogen-bond acceptors (Lipinski definition) is 3. The van der Waals surface area contributed by atoms with Gasteiger partial charge in [-0.2, -0.15) is 11.3 Å². The van der Waals surface area contributed by atoms with Gasteiger partial charge in [0.05, 0.1) is 11.8 Å². The molecule has 4 nitrogen and oxygen atoms in total. The first-order valence-corrected chi connectivity index (χ1v) is 11.6. The minimum Gasteiger partial charge on any atom is -0.359 e. The minimum atomic E-state index is -0.582. The van der Waals surface area contributed by atoms with Crippen LogP contribution in [0.1, 0.15) is 23.1 Å². The van der Waals surface area contributed by atoms with E-state index in [4.69, 9.17) is 0 Å². The predicted molar refractivity (Wildman–Crippen MR) is 126 cm³/mol. The van der Waals surface area contributed by atoms with Crippen LogP contribution in [0.2, 0.25) is 0 Å². The zero-order valence-corrected chi connectivity index (χ0v) is 18.9. The van der Waals surface area contributed by atoms with E-state index in [0.29, 0.717) is 32.4 Å². The largest absolute Gasteiger partial charge is 0.359 e. The first-order chi connectivity index (χ1) is 15.0. The van der Waals surface area contributed by atoms with E-state index in [1.54, 1.807) is 18.4 Å². The average Bonchev–Trinajstić information content (AvgIpc) is 3.47. The number of likely N-dealkylation sites (tertiary alicyclic amines) is 1. The maximum absolute atomic E-state index is 12.9. The van der Waals surface area contributed by atoms with E-state index in [1.807, 2.05) is 36.1 Å². The number of nitrogens with zero attached hydrogens (tertiary/aromatic N) is 1. The number of carbonyl (C=O) groups is 2. The van der Waals surface area contributed by atoms with Gasteiger partial charge in [0.25, 0.3) is 0 Å². The minimum absolute atomic E-state index is 0.0139. The zero-order valence-electron chi connectivity index (χ0n) is 18.1. The number of carbonyl (C=O) groups excluding carboxylic acids is 2. The van der Waals surface area contributed by atoms with Crippen molar-refractivity contribution in [1.29, 1.82) is 0 Å². The van der Waals surface area contributed by atoms with E-state index in [1.165, 1.54) is 16.7 Å². The lowest BCUT2D eigenvalue weighted by Gasteiger charge is -2.28. The molecule has 0 saturated carbocycles. The molecule has 1 N–H and O–H groups in total. The van der Waals surface area contributed by atoms with Crippen molar-refractivity contribution < 1.29 is 9.59 Å². The van der Waals surface area contributed by atoms with Gasteiger partial charge in [-0.3, -0.25) is 9.59 Å². The zero-order chi connectivity index (χ0) is 21.8. The molecular weight excluding hydrogens is 404 g/mol. The first kappa shape index (κ1) is 21.3. The molecule has 1 aromatic heterocycles. The molecule has 2 amide bonds. The molecular formula is C26H28N2O2S. The van der Waals surface area contributed by atoms with Crippen molar-refractivity contribution in [3.63, 3.8) is 0 Å². The Morgan fingerprint density at radius 1 is 1.00 bits per heavy atom. The molecule has 1 aliphatic rings. The summed E-state index contributed by atoms with van der Waals surface area (Å²) < 4.78 is 0. The molecule has 2 aromatic carbocycles.